The number of rotatable bonds is 8. The van der Waals surface area contributed by atoms with Crippen LogP contribution in [0.4, 0.5) is 0 Å². The van der Waals surface area contributed by atoms with Crippen LogP contribution in [0, 0.1) is 11.8 Å². The van der Waals surface area contributed by atoms with Crippen molar-refractivity contribution in [1.82, 2.24) is 30.2 Å². The van der Waals surface area contributed by atoms with Gasteiger partial charge in [-0.3, -0.25) is 23.9 Å². The number of aromatic nitrogens is 2. The predicted octanol–water partition coefficient (Wildman–Crippen LogP) is 5.59. The van der Waals surface area contributed by atoms with Gasteiger partial charge in [-0.1, -0.05) is 82.2 Å². The van der Waals surface area contributed by atoms with E-state index in [0.717, 1.165) is 48.6 Å². The van der Waals surface area contributed by atoms with E-state index >= 15 is 0 Å². The number of amides is 4. The van der Waals surface area contributed by atoms with Gasteiger partial charge >= 0.3 is 0 Å². The molecule has 60 heavy (non-hydrogen) atoms. The zero-order valence-corrected chi connectivity index (χ0v) is 35.1. The SMILES string of the molecule is CC(C)(C)c1ccc(-c2nc(O[C@@H]3C[C@H]4C(=O)N[C@]5(C(=O)NS(=O)(=O)C6CC6)C[C@@H]5/C=C\CCCCC[C@H](NC(=O)C5CC5)C(=O)N4C3)c3oc4ccccc4c3n2)cc1. The van der Waals surface area contributed by atoms with Crippen molar-refractivity contribution in [1.29, 1.82) is 0 Å². The second-order valence-electron chi connectivity index (χ2n) is 18.3. The second kappa shape index (κ2) is 15.3. The molecule has 2 aromatic carbocycles. The van der Waals surface area contributed by atoms with Crippen LogP contribution in [0.2, 0.25) is 0 Å². The van der Waals surface area contributed by atoms with Crippen LogP contribution in [0.5, 0.6) is 5.88 Å². The molecule has 3 saturated carbocycles. The molecule has 4 fully saturated rings. The standard InChI is InChI=1S/C45H52N6O8S/c1-44(2,3)28-19-17-26(18-20-28)38-47-36-32-12-9-10-14-35(32)59-37(36)41(48-38)58-30-23-34-40(53)49-45(43(55)50-60(56,57)31-21-22-31)24-29(45)11-7-5-4-6-8-13-33(42(54)51(34)25-30)46-39(52)27-15-16-27/h7,9-12,14,17-20,27,29-31,33-34H,4-6,8,13,15-16,21-25H2,1-3H3,(H,46,52)(H,49,53)(H,50,55)/b11-7-/t29-,30+,33-,34-,45+/m0/s1. The zero-order valence-electron chi connectivity index (χ0n) is 34.2. The molecule has 3 aliphatic carbocycles. The number of sulfonamides is 1. The highest BCUT2D eigenvalue weighted by Gasteiger charge is 2.62. The number of nitrogens with zero attached hydrogens (tertiary/aromatic N) is 3. The number of benzene rings is 2. The smallest absolute Gasteiger partial charge is 0.262 e. The van der Waals surface area contributed by atoms with Gasteiger partial charge in [0.05, 0.1) is 11.8 Å². The zero-order chi connectivity index (χ0) is 42.0. The minimum absolute atomic E-state index is 0.0212. The van der Waals surface area contributed by atoms with Gasteiger partial charge in [-0.25, -0.2) is 13.4 Å². The predicted molar refractivity (Wildman–Crippen MR) is 224 cm³/mol. The van der Waals surface area contributed by atoms with E-state index in [-0.39, 0.29) is 42.5 Å². The Labute approximate surface area is 349 Å². The lowest BCUT2D eigenvalue weighted by Gasteiger charge is -2.30. The molecule has 3 N–H and O–H groups in total. The Kier molecular flexibility index (Phi) is 10.2. The second-order valence-corrected chi connectivity index (χ2v) is 20.2. The van der Waals surface area contributed by atoms with Gasteiger partial charge in [0.1, 0.15) is 34.8 Å². The number of hydrogen-bond donors (Lipinski definition) is 3. The molecule has 2 aromatic heterocycles. The summed E-state index contributed by atoms with van der Waals surface area (Å²) >= 11 is 0. The van der Waals surface area contributed by atoms with Gasteiger partial charge in [0, 0.05) is 29.2 Å². The summed E-state index contributed by atoms with van der Waals surface area (Å²) in [4.78, 5) is 67.5. The van der Waals surface area contributed by atoms with Crippen LogP contribution in [0.1, 0.15) is 97.0 Å². The van der Waals surface area contributed by atoms with Crippen molar-refractivity contribution in [2.45, 2.75) is 126 Å². The van der Waals surface area contributed by atoms with Crippen molar-refractivity contribution in [2.75, 3.05) is 6.54 Å². The Balaban J connectivity index is 1.06. The number of furan rings is 1. The average Bonchev–Trinajstić information content (AvgIpc) is 4.14. The molecule has 14 nitrogen and oxygen atoms in total. The molecule has 0 spiro atoms. The quantitative estimate of drug-likeness (QED) is 0.189. The lowest BCUT2D eigenvalue weighted by Crippen LogP contribution is -2.58. The lowest BCUT2D eigenvalue weighted by atomic mass is 9.87. The highest BCUT2D eigenvalue weighted by Crippen LogP contribution is 2.46. The summed E-state index contributed by atoms with van der Waals surface area (Å²) in [7, 11) is -3.90. The minimum atomic E-state index is -3.90. The molecule has 316 valence electrons. The maximum atomic E-state index is 14.7. The lowest BCUT2D eigenvalue weighted by molar-refractivity contribution is -0.142. The summed E-state index contributed by atoms with van der Waals surface area (Å²) in [6.07, 6.45) is 9.23. The summed E-state index contributed by atoms with van der Waals surface area (Å²) < 4.78 is 41.1. The fourth-order valence-corrected chi connectivity index (χ4v) is 9.90. The summed E-state index contributed by atoms with van der Waals surface area (Å²) in [5.74, 6) is -1.97. The van der Waals surface area contributed by atoms with E-state index in [0.29, 0.717) is 48.2 Å². The molecular weight excluding hydrogens is 785 g/mol. The van der Waals surface area contributed by atoms with Gasteiger partial charge in [0.25, 0.3) is 11.8 Å². The molecule has 4 amide bonds. The van der Waals surface area contributed by atoms with E-state index in [1.165, 1.54) is 4.90 Å². The molecule has 4 aromatic rings. The first-order valence-corrected chi connectivity index (χ1v) is 22.9. The fourth-order valence-electron chi connectivity index (χ4n) is 8.53. The number of carbonyl (C=O) groups excluding carboxylic acids is 4. The van der Waals surface area contributed by atoms with Crippen molar-refractivity contribution in [3.8, 4) is 17.3 Å². The van der Waals surface area contributed by atoms with Gasteiger partial charge in [-0.15, -0.1) is 0 Å². The molecule has 5 atom stereocenters. The van der Waals surface area contributed by atoms with Crippen molar-refractivity contribution < 1.29 is 36.7 Å². The van der Waals surface area contributed by atoms with Gasteiger partial charge in [0.2, 0.25) is 33.3 Å². The van der Waals surface area contributed by atoms with Gasteiger partial charge < -0.3 is 24.7 Å². The van der Waals surface area contributed by atoms with E-state index in [2.05, 4.69) is 48.3 Å². The molecular formula is C45H52N6O8S. The van der Waals surface area contributed by atoms with Crippen molar-refractivity contribution >= 4 is 55.7 Å². The molecule has 15 heteroatoms. The number of ether oxygens (including phenoxy) is 1. The van der Waals surface area contributed by atoms with Crippen molar-refractivity contribution in [3.05, 3.63) is 66.2 Å². The molecule has 0 radical (unpaired) electrons. The van der Waals surface area contributed by atoms with Crippen LogP contribution in [-0.2, 0) is 34.6 Å². The fraction of sp³-hybridized carbons (Fsp3) is 0.511. The highest BCUT2D eigenvalue weighted by atomic mass is 32.2. The van der Waals surface area contributed by atoms with Crippen LogP contribution in [0.25, 0.3) is 33.5 Å². The van der Waals surface area contributed by atoms with E-state index in [1.54, 1.807) is 0 Å². The van der Waals surface area contributed by atoms with E-state index in [4.69, 9.17) is 19.1 Å². The van der Waals surface area contributed by atoms with Gasteiger partial charge in [-0.2, -0.15) is 4.98 Å². The molecule has 2 aliphatic heterocycles. The van der Waals surface area contributed by atoms with Crippen molar-refractivity contribution in [2.24, 2.45) is 11.8 Å². The maximum Gasteiger partial charge on any atom is 0.262 e. The number of fused-ring (bicyclic) bond motifs is 5. The van der Waals surface area contributed by atoms with Crippen molar-refractivity contribution in [3.63, 3.8) is 0 Å². The van der Waals surface area contributed by atoms with Crippen LogP contribution in [0.3, 0.4) is 0 Å². The third-order valence-corrected chi connectivity index (χ3v) is 14.4. The Morgan fingerprint density at radius 3 is 2.47 bits per heavy atom. The third kappa shape index (κ3) is 8.00. The Morgan fingerprint density at radius 1 is 0.967 bits per heavy atom. The summed E-state index contributed by atoms with van der Waals surface area (Å²) in [6, 6.07) is 13.6. The molecule has 4 heterocycles. The summed E-state index contributed by atoms with van der Waals surface area (Å²) in [6.45, 7) is 6.41. The van der Waals surface area contributed by atoms with Gasteiger partial charge in [-0.05, 0) is 74.5 Å². The van der Waals surface area contributed by atoms with E-state index in [1.807, 2.05) is 48.6 Å². The monoisotopic (exact) mass is 836 g/mol. The average molecular weight is 837 g/mol. The Hall–Kier alpha value is -5.31. The number of allylic oxidation sites excluding steroid dienone is 1. The normalized spacial score (nSPS) is 26.9. The number of para-hydroxylation sites is 1. The van der Waals surface area contributed by atoms with E-state index < -0.39 is 62.6 Å². The first-order valence-electron chi connectivity index (χ1n) is 21.3. The maximum absolute atomic E-state index is 14.7. The molecule has 9 rings (SSSR count). The third-order valence-electron chi connectivity index (χ3n) is 12.6. The Morgan fingerprint density at radius 2 is 1.73 bits per heavy atom. The number of nitrogens with one attached hydrogen (secondary N) is 3. The van der Waals surface area contributed by atoms with Crippen LogP contribution < -0.4 is 20.1 Å². The summed E-state index contributed by atoms with van der Waals surface area (Å²) in [5.41, 5.74) is 1.82. The summed E-state index contributed by atoms with van der Waals surface area (Å²) in [5, 5.41) is 6.06. The number of carbonyl (C=O) groups is 4. The number of hydrogen-bond acceptors (Lipinski definition) is 10. The molecule has 0 bridgehead atoms. The molecule has 1 saturated heterocycles. The van der Waals surface area contributed by atoms with Gasteiger partial charge in [0.15, 0.2) is 5.82 Å². The topological polar surface area (TPSA) is 190 Å². The van der Waals surface area contributed by atoms with E-state index in [9.17, 15) is 27.6 Å². The largest absolute Gasteiger partial charge is 0.470 e. The van der Waals surface area contributed by atoms with Crippen LogP contribution >= 0.6 is 0 Å². The first kappa shape index (κ1) is 40.1. The first-order chi connectivity index (χ1) is 28.7. The molecule has 0 unspecified atom stereocenters. The highest BCUT2D eigenvalue weighted by molar-refractivity contribution is 7.91. The van der Waals surface area contributed by atoms with Crippen LogP contribution in [0.15, 0.2) is 65.1 Å². The minimum Gasteiger partial charge on any atom is -0.470 e. The van der Waals surface area contributed by atoms with Crippen LogP contribution in [-0.4, -0.2) is 82.4 Å². The Bertz CT molecular complexity index is 2500. The molecule has 5 aliphatic rings.